The number of hydrogen-bond acceptors (Lipinski definition) is 9. The molecule has 1 aliphatic heterocycles. The van der Waals surface area contributed by atoms with Gasteiger partial charge in [-0.3, -0.25) is 5.32 Å². The number of anilines is 2. The van der Waals surface area contributed by atoms with E-state index in [0.717, 1.165) is 20.8 Å². The van der Waals surface area contributed by atoms with Gasteiger partial charge >= 0.3 is 6.09 Å². The van der Waals surface area contributed by atoms with E-state index >= 15 is 0 Å². The highest BCUT2D eigenvalue weighted by molar-refractivity contribution is 7.20. The second kappa shape index (κ2) is 11.0. The Balaban J connectivity index is 1.27. The third-order valence-corrected chi connectivity index (χ3v) is 6.79. The molecule has 2 N–H and O–H groups in total. The number of benzene rings is 1. The summed E-state index contributed by atoms with van der Waals surface area (Å²) in [6.07, 6.45) is 3.27. The van der Waals surface area contributed by atoms with Crippen LogP contribution in [0.2, 0.25) is 5.02 Å². The van der Waals surface area contributed by atoms with Crippen LogP contribution in [0.5, 0.6) is 11.6 Å². The summed E-state index contributed by atoms with van der Waals surface area (Å²) in [4.78, 5) is 27.0. The molecule has 4 heterocycles. The summed E-state index contributed by atoms with van der Waals surface area (Å²) in [5.74, 6) is 8.08. The summed E-state index contributed by atoms with van der Waals surface area (Å²) >= 11 is 7.95. The quantitative estimate of drug-likeness (QED) is 0.343. The number of hydrogen-bond donors (Lipinski definition) is 2. The zero-order valence-corrected chi connectivity index (χ0v) is 21.6. The molecular weight excluding hydrogens is 512 g/mol. The smallest absolute Gasteiger partial charge is 0.409 e. The van der Waals surface area contributed by atoms with Crippen LogP contribution < -0.4 is 15.4 Å². The van der Waals surface area contributed by atoms with Gasteiger partial charge in [0.2, 0.25) is 5.88 Å². The molecule has 37 heavy (non-hydrogen) atoms. The summed E-state index contributed by atoms with van der Waals surface area (Å²) < 4.78 is 12.1. The van der Waals surface area contributed by atoms with Gasteiger partial charge in [-0.05, 0) is 30.3 Å². The van der Waals surface area contributed by atoms with Crippen molar-refractivity contribution >= 4 is 50.8 Å². The van der Waals surface area contributed by atoms with Crippen LogP contribution in [0.1, 0.15) is 11.3 Å². The van der Waals surface area contributed by atoms with E-state index in [1.165, 1.54) is 22.6 Å². The average molecular weight is 535 g/mol. The zero-order valence-electron chi connectivity index (χ0n) is 20.1. The Hall–Kier alpha value is -3.91. The molecule has 1 saturated heterocycles. The lowest BCUT2D eigenvalue weighted by Gasteiger charge is -2.15. The molecule has 0 saturated carbocycles. The fourth-order valence-electron chi connectivity index (χ4n) is 3.63. The summed E-state index contributed by atoms with van der Waals surface area (Å²) in [5, 5.41) is 7.05. The SMILES string of the molecule is CN(C)C(=O)OC1CNC(C#Cc2cc3ncnc(Nc4ccc(Oc5ccccn5)c(Cl)c4)c3s2)C1. The third kappa shape index (κ3) is 6.09. The zero-order chi connectivity index (χ0) is 25.8. The van der Waals surface area contributed by atoms with Crippen molar-refractivity contribution in [1.82, 2.24) is 25.2 Å². The second-order valence-electron chi connectivity index (χ2n) is 8.45. The van der Waals surface area contributed by atoms with Crippen LogP contribution in [0.4, 0.5) is 16.3 Å². The van der Waals surface area contributed by atoms with E-state index in [-0.39, 0.29) is 18.2 Å². The molecule has 0 radical (unpaired) electrons. The molecule has 188 valence electrons. The predicted octanol–water partition coefficient (Wildman–Crippen LogP) is 5.06. The maximum atomic E-state index is 11.8. The third-order valence-electron chi connectivity index (χ3n) is 5.45. The predicted molar refractivity (Wildman–Crippen MR) is 144 cm³/mol. The number of thiophene rings is 1. The first-order valence-corrected chi connectivity index (χ1v) is 12.7. The van der Waals surface area contributed by atoms with Gasteiger partial charge in [-0.1, -0.05) is 29.5 Å². The molecule has 0 bridgehead atoms. The van der Waals surface area contributed by atoms with Crippen molar-refractivity contribution in [3.8, 4) is 23.5 Å². The van der Waals surface area contributed by atoms with Gasteiger partial charge in [-0.15, -0.1) is 11.3 Å². The van der Waals surface area contributed by atoms with Crippen LogP contribution in [-0.2, 0) is 4.74 Å². The van der Waals surface area contributed by atoms with Gasteiger partial charge in [0, 0.05) is 45.0 Å². The molecule has 0 aliphatic carbocycles. The Morgan fingerprint density at radius 1 is 1.22 bits per heavy atom. The van der Waals surface area contributed by atoms with Crippen molar-refractivity contribution in [3.05, 3.63) is 64.9 Å². The highest BCUT2D eigenvalue weighted by atomic mass is 35.5. The molecular formula is C26H23ClN6O3S. The number of carbonyl (C=O) groups excluding carboxylic acids is 1. The lowest BCUT2D eigenvalue weighted by Crippen LogP contribution is -2.29. The number of carbonyl (C=O) groups is 1. The Kier molecular flexibility index (Phi) is 7.37. The number of aromatic nitrogens is 3. The van der Waals surface area contributed by atoms with Gasteiger partial charge in [-0.25, -0.2) is 19.7 Å². The molecule has 11 heteroatoms. The van der Waals surface area contributed by atoms with Gasteiger partial charge < -0.3 is 19.7 Å². The van der Waals surface area contributed by atoms with Crippen LogP contribution in [-0.4, -0.2) is 58.7 Å². The highest BCUT2D eigenvalue weighted by Crippen LogP contribution is 2.34. The largest absolute Gasteiger partial charge is 0.445 e. The molecule has 1 amide bonds. The highest BCUT2D eigenvalue weighted by Gasteiger charge is 2.26. The number of ether oxygens (including phenoxy) is 2. The van der Waals surface area contributed by atoms with E-state index in [4.69, 9.17) is 21.1 Å². The number of nitrogens with zero attached hydrogens (tertiary/aromatic N) is 4. The molecule has 1 fully saturated rings. The average Bonchev–Trinajstić information content (AvgIpc) is 3.52. The van der Waals surface area contributed by atoms with Crippen LogP contribution in [0, 0.1) is 11.8 Å². The summed E-state index contributed by atoms with van der Waals surface area (Å²) in [6, 6.07) is 12.7. The minimum atomic E-state index is -0.347. The topological polar surface area (TPSA) is 102 Å². The second-order valence-corrected chi connectivity index (χ2v) is 9.91. The number of pyridine rings is 1. The Morgan fingerprint density at radius 3 is 2.89 bits per heavy atom. The van der Waals surface area contributed by atoms with E-state index < -0.39 is 0 Å². The van der Waals surface area contributed by atoms with E-state index in [0.29, 0.717) is 35.4 Å². The van der Waals surface area contributed by atoms with Crippen molar-refractivity contribution in [2.75, 3.05) is 26.0 Å². The van der Waals surface area contributed by atoms with Crippen molar-refractivity contribution < 1.29 is 14.3 Å². The normalized spacial score (nSPS) is 16.6. The molecule has 0 spiro atoms. The molecule has 1 aliphatic rings. The first-order chi connectivity index (χ1) is 17.9. The number of fused-ring (bicyclic) bond motifs is 1. The van der Waals surface area contributed by atoms with Gasteiger partial charge in [0.1, 0.15) is 18.2 Å². The van der Waals surface area contributed by atoms with Gasteiger partial charge in [0.05, 0.1) is 26.2 Å². The van der Waals surface area contributed by atoms with Gasteiger partial charge in [-0.2, -0.15) is 0 Å². The first kappa shape index (κ1) is 24.8. The van der Waals surface area contributed by atoms with E-state index in [1.807, 2.05) is 24.3 Å². The lowest BCUT2D eigenvalue weighted by molar-refractivity contribution is 0.0826. The lowest BCUT2D eigenvalue weighted by atomic mass is 10.2. The van der Waals surface area contributed by atoms with Crippen molar-refractivity contribution in [2.45, 2.75) is 18.6 Å². The van der Waals surface area contributed by atoms with E-state index in [2.05, 4.69) is 37.4 Å². The van der Waals surface area contributed by atoms with Gasteiger partial charge in [0.15, 0.2) is 5.82 Å². The Labute approximate surface area is 222 Å². The molecule has 5 rings (SSSR count). The van der Waals surface area contributed by atoms with Crippen LogP contribution in [0.25, 0.3) is 10.2 Å². The van der Waals surface area contributed by atoms with Crippen LogP contribution in [0.15, 0.2) is 55.0 Å². The first-order valence-electron chi connectivity index (χ1n) is 11.5. The number of rotatable bonds is 5. The Bertz CT molecular complexity index is 1480. The number of halogens is 1. The maximum absolute atomic E-state index is 11.8. The van der Waals surface area contributed by atoms with E-state index in [9.17, 15) is 4.79 Å². The van der Waals surface area contributed by atoms with Crippen LogP contribution >= 0.6 is 22.9 Å². The standard InChI is InChI=1S/C26H23ClN6O3S/c1-33(2)26(34)35-18-11-16(29-14-18)6-8-19-13-21-24(37-19)25(31-15-30-21)32-17-7-9-22(20(27)12-17)36-23-5-3-4-10-28-23/h3-5,7,9-10,12-13,15-16,18,29H,11,14H2,1-2H3,(H,30,31,32). The summed E-state index contributed by atoms with van der Waals surface area (Å²) in [5.41, 5.74) is 1.55. The molecule has 1 aromatic carbocycles. The minimum absolute atomic E-state index is 0.0529. The van der Waals surface area contributed by atoms with Crippen molar-refractivity contribution in [1.29, 1.82) is 0 Å². The van der Waals surface area contributed by atoms with E-state index in [1.54, 1.807) is 38.5 Å². The minimum Gasteiger partial charge on any atom is -0.445 e. The molecule has 4 aromatic rings. The fraction of sp³-hybridized carbons (Fsp3) is 0.231. The fourth-order valence-corrected chi connectivity index (χ4v) is 4.77. The maximum Gasteiger partial charge on any atom is 0.409 e. The molecule has 2 unspecified atom stereocenters. The molecule has 9 nitrogen and oxygen atoms in total. The Morgan fingerprint density at radius 2 is 2.11 bits per heavy atom. The number of nitrogens with one attached hydrogen (secondary N) is 2. The monoisotopic (exact) mass is 534 g/mol. The molecule has 2 atom stereocenters. The van der Waals surface area contributed by atoms with Crippen molar-refractivity contribution in [3.63, 3.8) is 0 Å². The summed E-state index contributed by atoms with van der Waals surface area (Å²) in [7, 11) is 3.33. The molecule has 3 aromatic heterocycles. The van der Waals surface area contributed by atoms with Crippen LogP contribution in [0.3, 0.4) is 0 Å². The van der Waals surface area contributed by atoms with Gasteiger partial charge in [0.25, 0.3) is 0 Å². The number of amides is 1. The summed E-state index contributed by atoms with van der Waals surface area (Å²) in [6.45, 7) is 0.582. The van der Waals surface area contributed by atoms with Crippen molar-refractivity contribution in [2.24, 2.45) is 0 Å².